The van der Waals surface area contributed by atoms with E-state index in [1.807, 2.05) is 17.7 Å². The quantitative estimate of drug-likeness (QED) is 0.729. The van der Waals surface area contributed by atoms with Crippen LogP contribution in [0.2, 0.25) is 0 Å². The number of halogens is 1. The Balaban J connectivity index is 1.90. The summed E-state index contributed by atoms with van der Waals surface area (Å²) in [6, 6.07) is 8.14. The van der Waals surface area contributed by atoms with Crippen LogP contribution in [0.25, 0.3) is 10.2 Å². The number of aryl methyl sites for hydroxylation is 1. The number of hydrogen-bond donors (Lipinski definition) is 1. The first-order valence-electron chi connectivity index (χ1n) is 7.22. The molecule has 0 fully saturated rings. The number of carbonyl (C=O) groups excluding carboxylic acids is 1. The maximum atomic E-state index is 13.0. The highest BCUT2D eigenvalue weighted by molar-refractivity contribution is 7.20. The fourth-order valence-electron chi connectivity index (χ4n) is 2.28. The van der Waals surface area contributed by atoms with Crippen molar-refractivity contribution >= 4 is 27.5 Å². The molecule has 3 aromatic rings. The van der Waals surface area contributed by atoms with E-state index >= 15 is 0 Å². The first kappa shape index (κ1) is 15.6. The number of amides is 1. The molecule has 0 radical (unpaired) electrons. The summed E-state index contributed by atoms with van der Waals surface area (Å²) in [6.45, 7) is 4.64. The molecule has 1 aromatic carbocycles. The second kappa shape index (κ2) is 6.47. The Kier molecular flexibility index (Phi) is 4.40. The second-order valence-corrected chi connectivity index (χ2v) is 6.09. The minimum Gasteiger partial charge on any atom is -0.274 e. The van der Waals surface area contributed by atoms with Crippen molar-refractivity contribution in [3.63, 3.8) is 0 Å². The molecule has 120 valence electrons. The highest BCUT2D eigenvalue weighted by Gasteiger charge is 2.16. The zero-order valence-corrected chi connectivity index (χ0v) is 13.6. The smallest absolute Gasteiger partial charge is 0.274 e. The van der Waals surface area contributed by atoms with Crippen molar-refractivity contribution in [1.82, 2.24) is 15.3 Å². The average Bonchev–Trinajstić information content (AvgIpc) is 3.09. The van der Waals surface area contributed by atoms with Crippen LogP contribution in [0.4, 0.5) is 4.39 Å². The molecule has 0 bridgehead atoms. The van der Waals surface area contributed by atoms with Gasteiger partial charge in [-0.05, 0) is 37.6 Å². The molecular weight excluding hydrogens is 317 g/mol. The van der Waals surface area contributed by atoms with Gasteiger partial charge in [0.2, 0.25) is 0 Å². The predicted octanol–water partition coefficient (Wildman–Crippen LogP) is 3.27. The summed E-state index contributed by atoms with van der Waals surface area (Å²) < 4.78 is 14.8. The number of aromatic nitrogens is 2. The zero-order chi connectivity index (χ0) is 16.4. The van der Waals surface area contributed by atoms with Crippen molar-refractivity contribution in [2.75, 3.05) is 6.61 Å². The van der Waals surface area contributed by atoms with Crippen molar-refractivity contribution in [2.45, 2.75) is 20.4 Å². The van der Waals surface area contributed by atoms with E-state index < -0.39 is 0 Å². The Labute approximate surface area is 136 Å². The van der Waals surface area contributed by atoms with Crippen molar-refractivity contribution in [3.05, 3.63) is 52.3 Å². The molecule has 0 aliphatic heterocycles. The first-order chi connectivity index (χ1) is 11.1. The summed E-state index contributed by atoms with van der Waals surface area (Å²) in [5.74, 6) is -0.526. The van der Waals surface area contributed by atoms with Crippen molar-refractivity contribution in [1.29, 1.82) is 0 Å². The molecule has 0 aliphatic carbocycles. The minimum atomic E-state index is -0.263. The van der Waals surface area contributed by atoms with Gasteiger partial charge < -0.3 is 0 Å². The van der Waals surface area contributed by atoms with Crippen LogP contribution < -0.4 is 5.48 Å². The van der Waals surface area contributed by atoms with Crippen LogP contribution in [0.15, 0.2) is 30.3 Å². The number of fused-ring (bicyclic) bond motifs is 1. The first-order valence-corrected chi connectivity index (χ1v) is 8.03. The van der Waals surface area contributed by atoms with Gasteiger partial charge in [-0.1, -0.05) is 12.1 Å². The maximum absolute atomic E-state index is 13.0. The lowest BCUT2D eigenvalue weighted by Crippen LogP contribution is -2.22. The molecule has 7 heteroatoms. The molecule has 0 saturated heterocycles. The third-order valence-electron chi connectivity index (χ3n) is 3.39. The summed E-state index contributed by atoms with van der Waals surface area (Å²) in [5, 5.41) is 5.44. The van der Waals surface area contributed by atoms with Crippen LogP contribution in [-0.4, -0.2) is 22.3 Å². The van der Waals surface area contributed by atoms with Gasteiger partial charge in [-0.3, -0.25) is 14.3 Å². The van der Waals surface area contributed by atoms with E-state index in [0.29, 0.717) is 18.0 Å². The fourth-order valence-corrected chi connectivity index (χ4v) is 3.33. The molecule has 0 unspecified atom stereocenters. The van der Waals surface area contributed by atoms with Gasteiger partial charge in [-0.2, -0.15) is 5.10 Å². The molecule has 5 nitrogen and oxygen atoms in total. The average molecular weight is 333 g/mol. The fraction of sp³-hybridized carbons (Fsp3) is 0.250. The Morgan fingerprint density at radius 2 is 2.13 bits per heavy atom. The lowest BCUT2D eigenvalue weighted by atomic mass is 10.2. The molecule has 1 amide bonds. The molecular formula is C16H16FN3O2S. The van der Waals surface area contributed by atoms with E-state index in [1.54, 1.807) is 19.1 Å². The molecule has 1 N–H and O–H groups in total. The van der Waals surface area contributed by atoms with E-state index in [9.17, 15) is 9.18 Å². The highest BCUT2D eigenvalue weighted by Crippen LogP contribution is 2.28. The third kappa shape index (κ3) is 3.25. The molecule has 0 aliphatic rings. The van der Waals surface area contributed by atoms with Gasteiger partial charge in [-0.25, -0.2) is 9.87 Å². The van der Waals surface area contributed by atoms with Crippen molar-refractivity contribution in [2.24, 2.45) is 0 Å². The normalized spacial score (nSPS) is 11.1. The Hall–Kier alpha value is -2.25. The predicted molar refractivity (Wildman–Crippen MR) is 86.9 cm³/mol. The largest absolute Gasteiger partial charge is 0.284 e. The van der Waals surface area contributed by atoms with Gasteiger partial charge in [0, 0.05) is 5.39 Å². The molecule has 2 heterocycles. The number of nitrogens with one attached hydrogen (secondary N) is 1. The Morgan fingerprint density at radius 3 is 2.83 bits per heavy atom. The molecule has 2 aromatic heterocycles. The summed E-state index contributed by atoms with van der Waals surface area (Å²) in [7, 11) is 0. The summed E-state index contributed by atoms with van der Waals surface area (Å²) in [6.07, 6.45) is 0. The number of benzene rings is 1. The zero-order valence-electron chi connectivity index (χ0n) is 12.8. The van der Waals surface area contributed by atoms with Gasteiger partial charge in [0.1, 0.15) is 10.6 Å². The second-order valence-electron chi connectivity index (χ2n) is 5.06. The van der Waals surface area contributed by atoms with E-state index in [-0.39, 0.29) is 11.7 Å². The number of nitrogens with zero attached hydrogens (tertiary/aromatic N) is 2. The number of thiophene rings is 1. The van der Waals surface area contributed by atoms with Gasteiger partial charge in [-0.15, -0.1) is 11.3 Å². The van der Waals surface area contributed by atoms with Crippen LogP contribution in [-0.2, 0) is 11.4 Å². The van der Waals surface area contributed by atoms with Gasteiger partial charge in [0.05, 0.1) is 23.7 Å². The monoisotopic (exact) mass is 333 g/mol. The van der Waals surface area contributed by atoms with Crippen LogP contribution in [0, 0.1) is 12.7 Å². The molecule has 0 saturated carbocycles. The topological polar surface area (TPSA) is 56.1 Å². The molecule has 3 rings (SSSR count). The maximum Gasteiger partial charge on any atom is 0.284 e. The lowest BCUT2D eigenvalue weighted by Gasteiger charge is -2.03. The minimum absolute atomic E-state index is 0.262. The molecule has 0 atom stereocenters. The van der Waals surface area contributed by atoms with E-state index in [1.165, 1.54) is 23.5 Å². The lowest BCUT2D eigenvalue weighted by molar-refractivity contribution is 0.0368. The summed E-state index contributed by atoms with van der Waals surface area (Å²) in [4.78, 5) is 18.4. The van der Waals surface area contributed by atoms with E-state index in [2.05, 4.69) is 10.6 Å². The molecule has 0 spiro atoms. The van der Waals surface area contributed by atoms with Crippen LogP contribution in [0.1, 0.15) is 27.9 Å². The highest BCUT2D eigenvalue weighted by atomic mass is 32.1. The summed E-state index contributed by atoms with van der Waals surface area (Å²) >= 11 is 1.36. The Morgan fingerprint density at radius 1 is 1.39 bits per heavy atom. The van der Waals surface area contributed by atoms with Crippen LogP contribution >= 0.6 is 11.3 Å². The van der Waals surface area contributed by atoms with Crippen LogP contribution in [0.5, 0.6) is 0 Å². The van der Waals surface area contributed by atoms with E-state index in [4.69, 9.17) is 4.84 Å². The number of hydroxylamine groups is 1. The van der Waals surface area contributed by atoms with Crippen molar-refractivity contribution < 1.29 is 14.0 Å². The summed E-state index contributed by atoms with van der Waals surface area (Å²) in [5.41, 5.74) is 4.20. The van der Waals surface area contributed by atoms with Gasteiger partial charge in [0.15, 0.2) is 0 Å². The van der Waals surface area contributed by atoms with Gasteiger partial charge >= 0.3 is 0 Å². The van der Waals surface area contributed by atoms with Crippen molar-refractivity contribution in [3.8, 4) is 0 Å². The van der Waals surface area contributed by atoms with Crippen LogP contribution in [0.3, 0.4) is 0 Å². The number of carbonyl (C=O) groups is 1. The van der Waals surface area contributed by atoms with Gasteiger partial charge in [0.25, 0.3) is 5.91 Å². The number of rotatable bonds is 5. The standard InChI is InChI=1S/C16H16FN3O2S/c1-3-22-19-15(21)14-8-13-10(2)18-20(16(13)23-14)9-11-4-6-12(17)7-5-11/h4-8H,3,9H2,1-2H3,(H,19,21). The SMILES string of the molecule is CCONC(=O)c1cc2c(C)nn(Cc3ccc(F)cc3)c2s1. The third-order valence-corrected chi connectivity index (χ3v) is 4.53. The number of hydrogen-bond acceptors (Lipinski definition) is 4. The molecule has 23 heavy (non-hydrogen) atoms. The Bertz CT molecular complexity index is 839. The van der Waals surface area contributed by atoms with E-state index in [0.717, 1.165) is 21.5 Å².